The van der Waals surface area contributed by atoms with Crippen LogP contribution in [0, 0.1) is 5.82 Å². The zero-order valence-electron chi connectivity index (χ0n) is 26.4. The summed E-state index contributed by atoms with van der Waals surface area (Å²) in [6.45, 7) is 0. The minimum absolute atomic E-state index is 0.0358. The summed E-state index contributed by atoms with van der Waals surface area (Å²) < 4.78 is 53.6. The normalized spacial score (nSPS) is 12.5. The fourth-order valence-electron chi connectivity index (χ4n) is 5.30. The molecule has 262 valence electrons. The number of alkyl halides is 3. The van der Waals surface area contributed by atoms with Gasteiger partial charge in [0, 0.05) is 12.8 Å². The Morgan fingerprint density at radius 3 is 1.88 bits per heavy atom. The number of halogens is 5. The highest BCUT2D eigenvalue weighted by Gasteiger charge is 2.31. The molecule has 0 heterocycles. The van der Waals surface area contributed by atoms with Crippen molar-refractivity contribution < 1.29 is 47.3 Å². The van der Waals surface area contributed by atoms with Crippen LogP contribution in [0.3, 0.4) is 0 Å². The number of phenols is 2. The Bertz CT molecular complexity index is 2070. The maximum absolute atomic E-state index is 13.8. The van der Waals surface area contributed by atoms with Crippen LogP contribution in [-0.2, 0) is 28.6 Å². The van der Waals surface area contributed by atoms with Gasteiger partial charge < -0.3 is 26.0 Å². The first-order valence-corrected chi connectivity index (χ1v) is 15.7. The van der Waals surface area contributed by atoms with Gasteiger partial charge in [0.2, 0.25) is 5.91 Å². The molecule has 2 amide bonds. The van der Waals surface area contributed by atoms with E-state index in [2.05, 4.69) is 10.6 Å². The molecule has 0 saturated carbocycles. The first-order valence-electron chi connectivity index (χ1n) is 15.3. The molecule has 0 aromatic heterocycles. The number of carbonyl (C=O) groups excluding carboxylic acids is 2. The molecule has 0 aliphatic carbocycles. The molecular weight excluding hydrogens is 692 g/mol. The van der Waals surface area contributed by atoms with Crippen LogP contribution in [0.1, 0.15) is 27.0 Å². The Kier molecular flexibility index (Phi) is 11.0. The summed E-state index contributed by atoms with van der Waals surface area (Å²) in [6, 6.07) is 21.8. The number of aliphatic carboxylic acids is 1. The van der Waals surface area contributed by atoms with E-state index in [9.17, 15) is 47.3 Å². The van der Waals surface area contributed by atoms with Gasteiger partial charge in [0.15, 0.2) is 0 Å². The van der Waals surface area contributed by atoms with E-state index in [1.807, 2.05) is 0 Å². The lowest BCUT2D eigenvalue weighted by molar-refractivity contribution is -0.142. The highest BCUT2D eigenvalue weighted by molar-refractivity contribution is 6.31. The predicted octanol–water partition coefficient (Wildman–Crippen LogP) is 7.40. The fraction of sp³-hybridized carbons (Fsp3) is 0.132. The Morgan fingerprint density at radius 2 is 1.25 bits per heavy atom. The van der Waals surface area contributed by atoms with Crippen LogP contribution in [0.2, 0.25) is 5.02 Å². The number of hydrogen-bond donors (Lipinski definition) is 5. The summed E-state index contributed by atoms with van der Waals surface area (Å²) in [5.41, 5.74) is 1.48. The number of rotatable bonds is 11. The van der Waals surface area contributed by atoms with Crippen molar-refractivity contribution >= 4 is 29.4 Å². The second-order valence-corrected chi connectivity index (χ2v) is 12.0. The highest BCUT2D eigenvalue weighted by atomic mass is 35.5. The molecule has 8 nitrogen and oxygen atoms in total. The molecule has 5 rings (SSSR count). The predicted molar refractivity (Wildman–Crippen MR) is 182 cm³/mol. The maximum Gasteiger partial charge on any atom is 0.416 e. The van der Waals surface area contributed by atoms with Crippen LogP contribution in [-0.4, -0.2) is 45.2 Å². The number of benzene rings is 5. The van der Waals surface area contributed by atoms with E-state index >= 15 is 0 Å². The minimum Gasteiger partial charge on any atom is -0.508 e. The van der Waals surface area contributed by atoms with Gasteiger partial charge in [-0.3, -0.25) is 9.59 Å². The number of carboxylic acids is 1. The quantitative estimate of drug-likeness (QED) is 0.0903. The van der Waals surface area contributed by atoms with E-state index < -0.39 is 53.2 Å². The van der Waals surface area contributed by atoms with Crippen molar-refractivity contribution in [3.8, 4) is 33.8 Å². The maximum atomic E-state index is 13.8. The molecule has 0 saturated heterocycles. The molecule has 2 atom stereocenters. The van der Waals surface area contributed by atoms with Gasteiger partial charge in [0.1, 0.15) is 29.4 Å². The number of carboxylic acid groups (broad SMARTS) is 1. The summed E-state index contributed by atoms with van der Waals surface area (Å²) in [6.07, 6.45) is -4.87. The van der Waals surface area contributed by atoms with Crippen LogP contribution >= 0.6 is 11.6 Å². The second kappa shape index (κ2) is 15.3. The molecule has 5 aromatic rings. The van der Waals surface area contributed by atoms with E-state index in [0.29, 0.717) is 33.4 Å². The van der Waals surface area contributed by atoms with E-state index in [1.54, 1.807) is 24.3 Å². The number of hydrogen-bond acceptors (Lipinski definition) is 5. The summed E-state index contributed by atoms with van der Waals surface area (Å²) in [7, 11) is 0. The molecule has 0 aliphatic rings. The lowest BCUT2D eigenvalue weighted by Crippen LogP contribution is -2.53. The molecule has 0 unspecified atom stereocenters. The topological polar surface area (TPSA) is 136 Å². The van der Waals surface area contributed by atoms with Crippen molar-refractivity contribution in [1.82, 2.24) is 10.6 Å². The van der Waals surface area contributed by atoms with Gasteiger partial charge >= 0.3 is 12.1 Å². The van der Waals surface area contributed by atoms with Crippen LogP contribution in [0.4, 0.5) is 17.6 Å². The average molecular weight is 721 g/mol. The largest absolute Gasteiger partial charge is 0.508 e. The Labute approximate surface area is 294 Å². The zero-order chi connectivity index (χ0) is 36.9. The first kappa shape index (κ1) is 36.4. The van der Waals surface area contributed by atoms with E-state index in [0.717, 1.165) is 18.2 Å². The molecule has 0 radical (unpaired) electrons. The highest BCUT2D eigenvalue weighted by Crippen LogP contribution is 2.33. The molecular formula is C38H29ClF4N2O6. The van der Waals surface area contributed by atoms with E-state index in [-0.39, 0.29) is 29.2 Å². The summed E-state index contributed by atoms with van der Waals surface area (Å²) in [4.78, 5) is 39.5. The standard InChI is InChI=1S/C38H29ClF4N2O6/c39-30-20-26(10-14-31(30)40)25-11-15-34(47)29(19-25)35(48)44-32(36(49)45-33(37(50)51)17-22-6-12-28(46)13-7-22)16-21-4-8-23(9-5-21)24-2-1-3-27(18-24)38(41,42)43/h1-15,18-20,32-33,46-47H,16-17H2,(H,44,48)(H,45,49)(H,50,51)/t32-,33-/m0/s1. The molecule has 0 spiro atoms. The van der Waals surface area contributed by atoms with Crippen molar-refractivity contribution in [1.29, 1.82) is 0 Å². The third-order valence-electron chi connectivity index (χ3n) is 8.02. The van der Waals surface area contributed by atoms with Gasteiger partial charge in [-0.05, 0) is 81.9 Å². The molecule has 0 fully saturated rings. The fourth-order valence-corrected chi connectivity index (χ4v) is 5.48. The van der Waals surface area contributed by atoms with Crippen molar-refractivity contribution in [3.63, 3.8) is 0 Å². The third kappa shape index (κ3) is 9.22. The zero-order valence-corrected chi connectivity index (χ0v) is 27.2. The minimum atomic E-state index is -4.54. The van der Waals surface area contributed by atoms with E-state index in [1.165, 1.54) is 66.7 Å². The molecule has 0 bridgehead atoms. The van der Waals surface area contributed by atoms with Gasteiger partial charge in [0.05, 0.1) is 16.1 Å². The van der Waals surface area contributed by atoms with Crippen LogP contribution in [0.25, 0.3) is 22.3 Å². The number of phenolic OH excluding ortho intramolecular Hbond substituents is 2. The SMILES string of the molecule is O=C(N[C@@H](Cc1ccc(-c2cccc(C(F)(F)F)c2)cc1)C(=O)N[C@@H](Cc1ccc(O)cc1)C(=O)O)c1cc(-c2ccc(F)c(Cl)c2)ccc1O. The van der Waals surface area contributed by atoms with Crippen molar-refractivity contribution in [2.75, 3.05) is 0 Å². The molecule has 51 heavy (non-hydrogen) atoms. The summed E-state index contributed by atoms with van der Waals surface area (Å²) in [5, 5.41) is 34.9. The summed E-state index contributed by atoms with van der Waals surface area (Å²) >= 11 is 5.92. The Morgan fingerprint density at radius 1 is 0.686 bits per heavy atom. The van der Waals surface area contributed by atoms with Crippen molar-refractivity contribution in [3.05, 3.63) is 142 Å². The van der Waals surface area contributed by atoms with Crippen LogP contribution in [0.5, 0.6) is 11.5 Å². The number of aromatic hydroxyl groups is 2. The first-order chi connectivity index (χ1) is 24.2. The average Bonchev–Trinajstić information content (AvgIpc) is 3.10. The number of nitrogens with one attached hydrogen (secondary N) is 2. The van der Waals surface area contributed by atoms with Crippen molar-refractivity contribution in [2.45, 2.75) is 31.1 Å². The third-order valence-corrected chi connectivity index (χ3v) is 8.31. The second-order valence-electron chi connectivity index (χ2n) is 11.6. The monoisotopic (exact) mass is 720 g/mol. The molecule has 5 aromatic carbocycles. The lowest BCUT2D eigenvalue weighted by Gasteiger charge is -2.22. The van der Waals surface area contributed by atoms with Crippen LogP contribution < -0.4 is 10.6 Å². The van der Waals surface area contributed by atoms with E-state index in [4.69, 9.17) is 11.6 Å². The number of carbonyl (C=O) groups is 3. The smallest absolute Gasteiger partial charge is 0.416 e. The van der Waals surface area contributed by atoms with Gasteiger partial charge in [0.25, 0.3) is 5.91 Å². The molecule has 0 aliphatic heterocycles. The molecule has 5 N–H and O–H groups in total. The number of amides is 2. The van der Waals surface area contributed by atoms with Crippen LogP contribution in [0.15, 0.2) is 109 Å². The Hall–Kier alpha value is -5.88. The van der Waals surface area contributed by atoms with Crippen molar-refractivity contribution in [2.24, 2.45) is 0 Å². The molecule has 13 heteroatoms. The Balaban J connectivity index is 1.43. The lowest BCUT2D eigenvalue weighted by atomic mass is 9.98. The van der Waals surface area contributed by atoms with Gasteiger partial charge in [-0.25, -0.2) is 9.18 Å². The van der Waals surface area contributed by atoms with Gasteiger partial charge in [-0.1, -0.05) is 72.3 Å². The van der Waals surface area contributed by atoms with Gasteiger partial charge in [-0.2, -0.15) is 13.2 Å². The summed E-state index contributed by atoms with van der Waals surface area (Å²) in [5.74, 6) is -4.27. The van der Waals surface area contributed by atoms with Gasteiger partial charge in [-0.15, -0.1) is 0 Å².